The van der Waals surface area contributed by atoms with Gasteiger partial charge in [-0.1, -0.05) is 13.0 Å². The van der Waals surface area contributed by atoms with E-state index in [1.165, 1.54) is 0 Å². The highest BCUT2D eigenvalue weighted by molar-refractivity contribution is 5.94. The molecular formula is C18H21ClN2O3. The Labute approximate surface area is 147 Å². The summed E-state index contributed by atoms with van der Waals surface area (Å²) in [5.41, 5.74) is 7.89. The predicted octanol–water partition coefficient (Wildman–Crippen LogP) is 3.34. The number of ether oxygens (including phenoxy) is 2. The topological polar surface area (TPSA) is 73.6 Å². The molecule has 128 valence electrons. The summed E-state index contributed by atoms with van der Waals surface area (Å²) >= 11 is 0. The molecule has 1 unspecified atom stereocenters. The van der Waals surface area contributed by atoms with Crippen LogP contribution in [0.3, 0.4) is 0 Å². The Kier molecular flexibility index (Phi) is 5.93. The van der Waals surface area contributed by atoms with Crippen LogP contribution in [-0.4, -0.2) is 19.1 Å². The van der Waals surface area contributed by atoms with E-state index >= 15 is 0 Å². The summed E-state index contributed by atoms with van der Waals surface area (Å²) in [6.45, 7) is 3.15. The first-order chi connectivity index (χ1) is 11.2. The SMILES string of the molecule is CCC(NC(=O)c1ccc(N)cc1)c1ccc2c(c1)OCCO2.Cl. The molecule has 0 spiro atoms. The van der Waals surface area contributed by atoms with Crippen LogP contribution in [0.5, 0.6) is 11.5 Å². The summed E-state index contributed by atoms with van der Waals surface area (Å²) in [6, 6.07) is 12.6. The summed E-state index contributed by atoms with van der Waals surface area (Å²) < 4.78 is 11.1. The molecular weight excluding hydrogens is 328 g/mol. The lowest BCUT2D eigenvalue weighted by Gasteiger charge is -2.22. The fourth-order valence-corrected chi connectivity index (χ4v) is 2.57. The maximum Gasteiger partial charge on any atom is 0.251 e. The highest BCUT2D eigenvalue weighted by Gasteiger charge is 2.18. The lowest BCUT2D eigenvalue weighted by molar-refractivity contribution is 0.0935. The highest BCUT2D eigenvalue weighted by Crippen LogP contribution is 2.33. The van der Waals surface area contributed by atoms with E-state index in [2.05, 4.69) is 5.32 Å². The fourth-order valence-electron chi connectivity index (χ4n) is 2.57. The maximum atomic E-state index is 12.4. The van der Waals surface area contributed by atoms with Gasteiger partial charge in [-0.05, 0) is 48.4 Å². The van der Waals surface area contributed by atoms with Gasteiger partial charge in [0.2, 0.25) is 0 Å². The van der Waals surface area contributed by atoms with Crippen LogP contribution in [0, 0.1) is 0 Å². The molecule has 1 aliphatic heterocycles. The number of anilines is 1. The van der Waals surface area contributed by atoms with Crippen molar-refractivity contribution >= 4 is 24.0 Å². The Bertz CT molecular complexity index is 704. The second kappa shape index (κ2) is 7.93. The number of nitrogen functional groups attached to an aromatic ring is 1. The van der Waals surface area contributed by atoms with E-state index < -0.39 is 0 Å². The lowest BCUT2D eigenvalue weighted by atomic mass is 10.0. The molecule has 5 nitrogen and oxygen atoms in total. The Morgan fingerprint density at radius 3 is 2.46 bits per heavy atom. The van der Waals surface area contributed by atoms with Gasteiger partial charge in [-0.15, -0.1) is 12.4 Å². The van der Waals surface area contributed by atoms with E-state index in [1.54, 1.807) is 24.3 Å². The zero-order chi connectivity index (χ0) is 16.2. The minimum atomic E-state index is -0.119. The summed E-state index contributed by atoms with van der Waals surface area (Å²) in [4.78, 5) is 12.4. The summed E-state index contributed by atoms with van der Waals surface area (Å²) in [5, 5.41) is 3.05. The van der Waals surface area contributed by atoms with Crippen molar-refractivity contribution in [1.29, 1.82) is 0 Å². The number of halogens is 1. The van der Waals surface area contributed by atoms with E-state index in [4.69, 9.17) is 15.2 Å². The number of benzene rings is 2. The van der Waals surface area contributed by atoms with Crippen LogP contribution in [0.2, 0.25) is 0 Å². The molecule has 1 atom stereocenters. The van der Waals surface area contributed by atoms with Crippen molar-refractivity contribution in [3.63, 3.8) is 0 Å². The van der Waals surface area contributed by atoms with Gasteiger partial charge in [0.25, 0.3) is 5.91 Å². The van der Waals surface area contributed by atoms with Crippen molar-refractivity contribution in [2.45, 2.75) is 19.4 Å². The van der Waals surface area contributed by atoms with Crippen LogP contribution >= 0.6 is 12.4 Å². The maximum absolute atomic E-state index is 12.4. The minimum Gasteiger partial charge on any atom is -0.486 e. The van der Waals surface area contributed by atoms with Gasteiger partial charge < -0.3 is 20.5 Å². The van der Waals surface area contributed by atoms with Crippen molar-refractivity contribution in [3.8, 4) is 11.5 Å². The Morgan fingerprint density at radius 1 is 1.12 bits per heavy atom. The van der Waals surface area contributed by atoms with Crippen molar-refractivity contribution in [1.82, 2.24) is 5.32 Å². The molecule has 1 aliphatic rings. The minimum absolute atomic E-state index is 0. The number of nitrogens with two attached hydrogens (primary N) is 1. The second-order valence-electron chi connectivity index (χ2n) is 5.46. The molecule has 0 bridgehead atoms. The number of carbonyl (C=O) groups is 1. The number of hydrogen-bond donors (Lipinski definition) is 2. The third-order valence-electron chi connectivity index (χ3n) is 3.86. The Hall–Kier alpha value is -2.40. The van der Waals surface area contributed by atoms with Crippen LogP contribution in [0.4, 0.5) is 5.69 Å². The van der Waals surface area contributed by atoms with Crippen LogP contribution in [-0.2, 0) is 0 Å². The molecule has 24 heavy (non-hydrogen) atoms. The largest absolute Gasteiger partial charge is 0.486 e. The highest BCUT2D eigenvalue weighted by atomic mass is 35.5. The quantitative estimate of drug-likeness (QED) is 0.831. The second-order valence-corrected chi connectivity index (χ2v) is 5.46. The van der Waals surface area contributed by atoms with Gasteiger partial charge in [0.15, 0.2) is 11.5 Å². The lowest BCUT2D eigenvalue weighted by Crippen LogP contribution is -2.28. The molecule has 0 fully saturated rings. The molecule has 0 radical (unpaired) electrons. The van der Waals surface area contributed by atoms with Crippen molar-refractivity contribution in [2.75, 3.05) is 18.9 Å². The number of hydrogen-bond acceptors (Lipinski definition) is 4. The van der Waals surface area contributed by atoms with Gasteiger partial charge in [-0.3, -0.25) is 4.79 Å². The predicted molar refractivity (Wildman–Crippen MR) is 96.0 cm³/mol. The van der Waals surface area contributed by atoms with Gasteiger partial charge >= 0.3 is 0 Å². The van der Waals surface area contributed by atoms with Crippen LogP contribution < -0.4 is 20.5 Å². The van der Waals surface area contributed by atoms with Crippen LogP contribution in [0.15, 0.2) is 42.5 Å². The van der Waals surface area contributed by atoms with E-state index in [-0.39, 0.29) is 24.4 Å². The zero-order valence-corrected chi connectivity index (χ0v) is 14.3. The van der Waals surface area contributed by atoms with E-state index in [0.29, 0.717) is 24.5 Å². The normalized spacial score (nSPS) is 13.5. The van der Waals surface area contributed by atoms with Crippen molar-refractivity contribution in [3.05, 3.63) is 53.6 Å². The third-order valence-corrected chi connectivity index (χ3v) is 3.86. The summed E-state index contributed by atoms with van der Waals surface area (Å²) in [7, 11) is 0. The molecule has 0 saturated heterocycles. The molecule has 6 heteroatoms. The van der Waals surface area contributed by atoms with E-state index in [1.807, 2.05) is 25.1 Å². The van der Waals surface area contributed by atoms with E-state index in [0.717, 1.165) is 23.5 Å². The van der Waals surface area contributed by atoms with Gasteiger partial charge in [0.05, 0.1) is 6.04 Å². The molecule has 1 amide bonds. The number of rotatable bonds is 4. The number of fused-ring (bicyclic) bond motifs is 1. The number of nitrogens with one attached hydrogen (secondary N) is 1. The third kappa shape index (κ3) is 3.92. The smallest absolute Gasteiger partial charge is 0.251 e. The van der Waals surface area contributed by atoms with Crippen molar-refractivity contribution < 1.29 is 14.3 Å². The summed E-state index contributed by atoms with van der Waals surface area (Å²) in [6.07, 6.45) is 0.778. The Morgan fingerprint density at radius 2 is 1.79 bits per heavy atom. The molecule has 2 aromatic carbocycles. The molecule has 0 aromatic heterocycles. The van der Waals surface area contributed by atoms with Crippen LogP contribution in [0.25, 0.3) is 0 Å². The Balaban J connectivity index is 0.00000208. The monoisotopic (exact) mass is 348 g/mol. The average molecular weight is 349 g/mol. The first kappa shape index (κ1) is 17.9. The molecule has 0 saturated carbocycles. The van der Waals surface area contributed by atoms with Gasteiger partial charge in [0.1, 0.15) is 13.2 Å². The average Bonchev–Trinajstić information content (AvgIpc) is 2.59. The first-order valence-electron chi connectivity index (χ1n) is 7.73. The standard InChI is InChI=1S/C18H20N2O3.ClH/c1-2-15(20-18(21)12-3-6-14(19)7-4-12)13-5-8-16-17(11-13)23-10-9-22-16;/h3-8,11,15H,2,9-10,19H2,1H3,(H,20,21);1H. The number of carbonyl (C=O) groups excluding carboxylic acids is 1. The molecule has 3 N–H and O–H groups in total. The molecule has 3 rings (SSSR count). The molecule has 2 aromatic rings. The van der Waals surface area contributed by atoms with Crippen LogP contribution in [0.1, 0.15) is 35.3 Å². The van der Waals surface area contributed by atoms with E-state index in [9.17, 15) is 4.79 Å². The zero-order valence-electron chi connectivity index (χ0n) is 13.5. The fraction of sp³-hybridized carbons (Fsp3) is 0.278. The molecule has 0 aliphatic carbocycles. The first-order valence-corrected chi connectivity index (χ1v) is 7.73. The van der Waals surface area contributed by atoms with Gasteiger partial charge in [-0.25, -0.2) is 0 Å². The molecule has 1 heterocycles. The van der Waals surface area contributed by atoms with Crippen molar-refractivity contribution in [2.24, 2.45) is 0 Å². The van der Waals surface area contributed by atoms with Gasteiger partial charge in [0, 0.05) is 11.3 Å². The van der Waals surface area contributed by atoms with Gasteiger partial charge in [-0.2, -0.15) is 0 Å². The number of amides is 1. The summed E-state index contributed by atoms with van der Waals surface area (Å²) in [5.74, 6) is 1.36.